The molecule has 12 heteroatoms. The number of para-hydroxylation sites is 1. The third kappa shape index (κ3) is 4.92. The molecule has 4 aromatic heterocycles. The lowest BCUT2D eigenvalue weighted by molar-refractivity contribution is -0.138. The number of hydrogen-bond donors (Lipinski definition) is 2. The highest BCUT2D eigenvalue weighted by Crippen LogP contribution is 2.34. The first-order valence-corrected chi connectivity index (χ1v) is 11.7. The first-order chi connectivity index (χ1) is 18.5. The fourth-order valence-electron chi connectivity index (χ4n) is 4.36. The summed E-state index contributed by atoms with van der Waals surface area (Å²) >= 11 is 0. The summed E-state index contributed by atoms with van der Waals surface area (Å²) in [5.41, 5.74) is 0.698. The molecule has 0 radical (unpaired) electrons. The Bertz CT molecular complexity index is 1760. The number of nitrogens with one attached hydrogen (secondary N) is 1. The second-order valence-electron chi connectivity index (χ2n) is 8.92. The standard InChI is InChI=1S/C27H21F4N5O3/c1-14-10-33-35-23(14)17-9-15(2)34-24-16(17)5-3-7-22(24)39-13-19-18(25(37)32-11-21(19)28)12-36-8-4-6-20(26(36)38)27(29,30)31/h3-11H,12-13H2,1-2H3,(H,32,37)(H,33,35). The van der Waals surface area contributed by atoms with Gasteiger partial charge >= 0.3 is 6.18 Å². The van der Waals surface area contributed by atoms with Crippen molar-refractivity contribution in [2.45, 2.75) is 33.2 Å². The van der Waals surface area contributed by atoms with Gasteiger partial charge in [-0.05, 0) is 43.7 Å². The highest BCUT2D eigenvalue weighted by molar-refractivity contribution is 5.97. The zero-order valence-electron chi connectivity index (χ0n) is 20.7. The maximum absolute atomic E-state index is 14.9. The minimum absolute atomic E-state index is 0.166. The van der Waals surface area contributed by atoms with Crippen molar-refractivity contribution < 1.29 is 27.4 Å². The number of fused-ring (bicyclic) bond motifs is 1. The van der Waals surface area contributed by atoms with E-state index in [1.165, 1.54) is 0 Å². The number of rotatable bonds is 6. The van der Waals surface area contributed by atoms with Crippen molar-refractivity contribution >= 4 is 10.9 Å². The molecule has 5 rings (SSSR count). The van der Waals surface area contributed by atoms with Gasteiger partial charge in [-0.25, -0.2) is 14.4 Å². The number of aromatic hydroxyl groups is 1. The molecule has 0 saturated heterocycles. The molecule has 0 fully saturated rings. The van der Waals surface area contributed by atoms with Crippen molar-refractivity contribution in [3.63, 3.8) is 0 Å². The van der Waals surface area contributed by atoms with Gasteiger partial charge in [0, 0.05) is 34.0 Å². The van der Waals surface area contributed by atoms with Gasteiger partial charge in [0.15, 0.2) is 0 Å². The van der Waals surface area contributed by atoms with Crippen LogP contribution in [0.2, 0.25) is 0 Å². The summed E-state index contributed by atoms with van der Waals surface area (Å²) < 4.78 is 61.3. The summed E-state index contributed by atoms with van der Waals surface area (Å²) in [6.07, 6.45) is -1.28. The summed E-state index contributed by atoms with van der Waals surface area (Å²) in [4.78, 5) is 20.6. The Balaban J connectivity index is 1.53. The molecular weight excluding hydrogens is 518 g/mol. The molecule has 5 aromatic rings. The van der Waals surface area contributed by atoms with Crippen LogP contribution in [-0.2, 0) is 19.3 Å². The van der Waals surface area contributed by atoms with E-state index in [1.54, 1.807) is 18.3 Å². The minimum atomic E-state index is -4.87. The van der Waals surface area contributed by atoms with Crippen LogP contribution in [0.25, 0.3) is 22.2 Å². The summed E-state index contributed by atoms with van der Waals surface area (Å²) in [5, 5.41) is 18.2. The monoisotopic (exact) mass is 539 g/mol. The highest BCUT2D eigenvalue weighted by Gasteiger charge is 2.34. The average Bonchev–Trinajstić information content (AvgIpc) is 3.31. The van der Waals surface area contributed by atoms with Gasteiger partial charge < -0.3 is 14.4 Å². The number of halogens is 4. The molecule has 8 nitrogen and oxygen atoms in total. The fourth-order valence-corrected chi connectivity index (χ4v) is 4.36. The lowest BCUT2D eigenvalue weighted by Gasteiger charge is -2.16. The Morgan fingerprint density at radius 2 is 1.90 bits per heavy atom. The van der Waals surface area contributed by atoms with E-state index < -0.39 is 42.1 Å². The quantitative estimate of drug-likeness (QED) is 0.284. The summed E-state index contributed by atoms with van der Waals surface area (Å²) in [6.45, 7) is 2.75. The molecule has 0 bridgehead atoms. The molecule has 0 amide bonds. The second-order valence-corrected chi connectivity index (χ2v) is 8.92. The van der Waals surface area contributed by atoms with Crippen LogP contribution in [0.15, 0.2) is 59.8 Å². The van der Waals surface area contributed by atoms with Gasteiger partial charge in [-0.3, -0.25) is 9.89 Å². The number of H-pyrrole nitrogens is 1. The van der Waals surface area contributed by atoms with E-state index in [9.17, 15) is 27.5 Å². The van der Waals surface area contributed by atoms with E-state index in [4.69, 9.17) is 4.74 Å². The van der Waals surface area contributed by atoms with Crippen LogP contribution >= 0.6 is 0 Å². The largest absolute Gasteiger partial charge is 0.493 e. The number of aromatic amines is 1. The Labute approximate surface area is 218 Å². The molecule has 0 atom stereocenters. The average molecular weight is 539 g/mol. The molecule has 0 unspecified atom stereocenters. The topological polar surface area (TPSA) is 106 Å². The van der Waals surface area contributed by atoms with Crippen molar-refractivity contribution in [1.82, 2.24) is 24.7 Å². The Morgan fingerprint density at radius 1 is 1.10 bits per heavy atom. The van der Waals surface area contributed by atoms with Gasteiger partial charge in [0.2, 0.25) is 5.88 Å². The number of nitrogens with zero attached hydrogens (tertiary/aromatic N) is 4. The number of hydrogen-bond acceptors (Lipinski definition) is 6. The van der Waals surface area contributed by atoms with E-state index in [1.807, 2.05) is 26.0 Å². The van der Waals surface area contributed by atoms with Crippen molar-refractivity contribution in [1.29, 1.82) is 0 Å². The number of ether oxygens (including phenoxy) is 1. The Kier molecular flexibility index (Phi) is 6.54. The molecule has 4 heterocycles. The molecular formula is C27H21F4N5O3. The summed E-state index contributed by atoms with van der Waals surface area (Å²) in [5.74, 6) is -1.18. The molecule has 0 aliphatic carbocycles. The lowest BCUT2D eigenvalue weighted by atomic mass is 10.0. The Hall–Kier alpha value is -4.74. The van der Waals surface area contributed by atoms with Crippen molar-refractivity contribution in [3.05, 3.63) is 99.1 Å². The van der Waals surface area contributed by atoms with Crippen LogP contribution in [0.5, 0.6) is 11.6 Å². The minimum Gasteiger partial charge on any atom is -0.493 e. The van der Waals surface area contributed by atoms with Gasteiger partial charge in [0.25, 0.3) is 5.56 Å². The van der Waals surface area contributed by atoms with Gasteiger partial charge in [-0.2, -0.15) is 18.3 Å². The number of alkyl halides is 3. The number of aromatic nitrogens is 5. The molecule has 0 aliphatic rings. The van der Waals surface area contributed by atoms with Gasteiger partial charge in [0.1, 0.15) is 29.3 Å². The van der Waals surface area contributed by atoms with Crippen molar-refractivity contribution in [2.75, 3.05) is 0 Å². The number of aryl methyl sites for hydroxylation is 2. The van der Waals surface area contributed by atoms with Crippen LogP contribution < -0.4 is 10.3 Å². The van der Waals surface area contributed by atoms with E-state index in [0.717, 1.165) is 45.2 Å². The summed E-state index contributed by atoms with van der Waals surface area (Å²) in [7, 11) is 0. The van der Waals surface area contributed by atoms with Crippen LogP contribution in [0, 0.1) is 19.7 Å². The van der Waals surface area contributed by atoms with E-state index in [0.29, 0.717) is 23.0 Å². The zero-order chi connectivity index (χ0) is 27.9. The van der Waals surface area contributed by atoms with Gasteiger partial charge in [-0.15, -0.1) is 0 Å². The number of benzene rings is 1. The maximum Gasteiger partial charge on any atom is 0.421 e. The van der Waals surface area contributed by atoms with E-state index in [-0.39, 0.29) is 11.1 Å². The molecule has 39 heavy (non-hydrogen) atoms. The van der Waals surface area contributed by atoms with E-state index >= 15 is 0 Å². The zero-order valence-corrected chi connectivity index (χ0v) is 20.7. The lowest BCUT2D eigenvalue weighted by Crippen LogP contribution is -2.28. The molecule has 2 N–H and O–H groups in total. The van der Waals surface area contributed by atoms with Crippen LogP contribution in [0.4, 0.5) is 17.6 Å². The molecule has 0 aliphatic heterocycles. The first-order valence-electron chi connectivity index (χ1n) is 11.7. The third-order valence-electron chi connectivity index (χ3n) is 6.28. The van der Waals surface area contributed by atoms with Crippen LogP contribution in [0.3, 0.4) is 0 Å². The van der Waals surface area contributed by atoms with E-state index in [2.05, 4.69) is 20.2 Å². The highest BCUT2D eigenvalue weighted by atomic mass is 19.4. The predicted molar refractivity (Wildman–Crippen MR) is 134 cm³/mol. The molecule has 1 aromatic carbocycles. The molecule has 0 spiro atoms. The molecule has 0 saturated carbocycles. The Morgan fingerprint density at radius 3 is 2.62 bits per heavy atom. The van der Waals surface area contributed by atoms with Crippen LogP contribution in [-0.4, -0.2) is 29.8 Å². The molecule has 200 valence electrons. The maximum atomic E-state index is 14.9. The van der Waals surface area contributed by atoms with Gasteiger partial charge in [-0.1, -0.05) is 12.1 Å². The van der Waals surface area contributed by atoms with Crippen LogP contribution in [0.1, 0.15) is 27.9 Å². The predicted octanol–water partition coefficient (Wildman–Crippen LogP) is 5.29. The second kappa shape index (κ2) is 9.86. The first kappa shape index (κ1) is 25.9. The third-order valence-corrected chi connectivity index (χ3v) is 6.28. The normalized spacial score (nSPS) is 11.7. The smallest absolute Gasteiger partial charge is 0.421 e. The fraction of sp³-hybridized carbons (Fsp3) is 0.185. The van der Waals surface area contributed by atoms with Crippen molar-refractivity contribution in [2.24, 2.45) is 0 Å². The van der Waals surface area contributed by atoms with Crippen molar-refractivity contribution in [3.8, 4) is 22.9 Å². The SMILES string of the molecule is Cc1cc(-c2[nH]ncc2C)c2cccc(OCc3c(F)cnc(O)c3Cn3cccc(C(F)(F)F)c3=O)c2n1. The summed E-state index contributed by atoms with van der Waals surface area (Å²) in [6, 6.07) is 8.85. The van der Waals surface area contributed by atoms with Gasteiger partial charge in [0.05, 0.1) is 24.6 Å². The number of pyridine rings is 3.